The standard InChI is InChI=1S/C18H21N7O5S/c1-24-6-21-23-17(24)31-5-7-11(19)14(27)10-8(4-30-16(20)28)18(29-2)15-9(22-15)3-25(18)12(10)13(7)26/h6,8-9,15,22H,3-5,19H2,1-2H3,(H2,20,28)/t8-,9+,15+,18-/m1/s1. The summed E-state index contributed by atoms with van der Waals surface area (Å²) >= 11 is 1.27. The zero-order valence-corrected chi connectivity index (χ0v) is 17.6. The maximum atomic E-state index is 13.6. The molecule has 5 N–H and O–H groups in total. The first-order chi connectivity index (χ1) is 14.8. The molecular formula is C18H21N7O5S. The Morgan fingerprint density at radius 1 is 1.42 bits per heavy atom. The number of aryl methyl sites for hydroxylation is 1. The van der Waals surface area contributed by atoms with Gasteiger partial charge in [-0.05, 0) is 0 Å². The number of hydrogen-bond donors (Lipinski definition) is 3. The predicted octanol–water partition coefficient (Wildman–Crippen LogP) is -1.75. The summed E-state index contributed by atoms with van der Waals surface area (Å²) in [5.41, 5.74) is 10.9. The van der Waals surface area contributed by atoms with E-state index in [2.05, 4.69) is 15.5 Å². The summed E-state index contributed by atoms with van der Waals surface area (Å²) in [4.78, 5) is 40.0. The van der Waals surface area contributed by atoms with E-state index in [1.165, 1.54) is 18.9 Å². The van der Waals surface area contributed by atoms with E-state index in [0.29, 0.717) is 11.7 Å². The van der Waals surface area contributed by atoms with Crippen molar-refractivity contribution >= 4 is 29.4 Å². The SMILES string of the molecule is CO[C@@]12[C@H](COC(N)=O)C3=C(C(=O)C(CSc4nncn4C)=C(N)C3=O)N1C[C@@H]1N[C@@H]12. The molecule has 0 radical (unpaired) electrons. The van der Waals surface area contributed by atoms with E-state index in [1.807, 2.05) is 4.90 Å². The molecule has 12 nitrogen and oxygen atoms in total. The minimum atomic E-state index is -1.03. The summed E-state index contributed by atoms with van der Waals surface area (Å²) in [5, 5.41) is 11.7. The molecule has 1 aliphatic carbocycles. The van der Waals surface area contributed by atoms with Crippen LogP contribution in [0.5, 0.6) is 0 Å². The van der Waals surface area contributed by atoms with Crippen molar-refractivity contribution in [2.24, 2.45) is 24.4 Å². The molecule has 2 saturated heterocycles. The highest BCUT2D eigenvalue weighted by Gasteiger charge is 2.72. The molecular weight excluding hydrogens is 426 g/mol. The average molecular weight is 447 g/mol. The molecule has 1 aromatic heterocycles. The van der Waals surface area contributed by atoms with Crippen molar-refractivity contribution in [1.29, 1.82) is 0 Å². The van der Waals surface area contributed by atoms with E-state index in [9.17, 15) is 14.4 Å². The van der Waals surface area contributed by atoms with Crippen molar-refractivity contribution in [3.05, 3.63) is 28.9 Å². The predicted molar refractivity (Wildman–Crippen MR) is 106 cm³/mol. The van der Waals surface area contributed by atoms with Crippen LogP contribution in [0.25, 0.3) is 0 Å². The van der Waals surface area contributed by atoms with Gasteiger partial charge in [-0.1, -0.05) is 11.8 Å². The molecule has 2 fully saturated rings. The van der Waals surface area contributed by atoms with Gasteiger partial charge in [0.05, 0.1) is 23.4 Å². The molecule has 4 heterocycles. The number of nitrogens with zero attached hydrogens (tertiary/aromatic N) is 4. The van der Waals surface area contributed by atoms with Gasteiger partial charge in [0.25, 0.3) is 0 Å². The molecule has 13 heteroatoms. The van der Waals surface area contributed by atoms with Crippen LogP contribution in [0.3, 0.4) is 0 Å². The topological polar surface area (TPSA) is 178 Å². The summed E-state index contributed by atoms with van der Waals surface area (Å²) in [5.74, 6) is -1.32. The van der Waals surface area contributed by atoms with Crippen LogP contribution in [-0.2, 0) is 26.1 Å². The first-order valence-electron chi connectivity index (χ1n) is 9.61. The van der Waals surface area contributed by atoms with Crippen molar-refractivity contribution in [1.82, 2.24) is 25.0 Å². The zero-order chi connectivity index (χ0) is 22.1. The van der Waals surface area contributed by atoms with E-state index in [-0.39, 0.29) is 52.8 Å². The minimum absolute atomic E-state index is 0.108. The number of nitrogens with one attached hydrogen (secondary N) is 1. The normalized spacial score (nSPS) is 31.2. The third-order valence-electron chi connectivity index (χ3n) is 6.34. The quantitative estimate of drug-likeness (QED) is 0.256. The number of carbonyl (C=O) groups is 3. The van der Waals surface area contributed by atoms with Crippen LogP contribution in [0.2, 0.25) is 0 Å². The van der Waals surface area contributed by atoms with Crippen molar-refractivity contribution < 1.29 is 23.9 Å². The molecule has 0 saturated carbocycles. The molecule has 31 heavy (non-hydrogen) atoms. The van der Waals surface area contributed by atoms with Crippen molar-refractivity contribution in [3.63, 3.8) is 0 Å². The Balaban J connectivity index is 1.51. The monoisotopic (exact) mass is 447 g/mol. The number of carbonyl (C=O) groups excluding carboxylic acids is 3. The van der Waals surface area contributed by atoms with Gasteiger partial charge in [0.2, 0.25) is 11.6 Å². The van der Waals surface area contributed by atoms with Gasteiger partial charge in [-0.3, -0.25) is 9.59 Å². The second-order valence-electron chi connectivity index (χ2n) is 7.83. The van der Waals surface area contributed by atoms with Crippen molar-refractivity contribution in [2.45, 2.75) is 23.0 Å². The molecule has 164 valence electrons. The molecule has 4 aliphatic rings. The number of rotatable bonds is 6. The largest absolute Gasteiger partial charge is 0.449 e. The molecule has 0 bridgehead atoms. The Labute approximate surface area is 181 Å². The molecule has 1 aromatic rings. The number of primary amides is 1. The molecule has 4 atom stereocenters. The lowest BCUT2D eigenvalue weighted by Crippen LogP contribution is -2.55. The molecule has 5 rings (SSSR count). The molecule has 0 aromatic carbocycles. The Morgan fingerprint density at radius 2 is 2.19 bits per heavy atom. The highest BCUT2D eigenvalue weighted by molar-refractivity contribution is 7.99. The lowest BCUT2D eigenvalue weighted by Gasteiger charge is -2.39. The Kier molecular flexibility index (Phi) is 4.39. The second kappa shape index (κ2) is 6.80. The fourth-order valence-corrected chi connectivity index (χ4v) is 5.84. The number of fused-ring (bicyclic) bond motifs is 4. The molecule has 0 unspecified atom stereocenters. The molecule has 3 aliphatic heterocycles. The molecule has 0 spiro atoms. The number of allylic oxidation sites excluding steroid dienone is 2. The third kappa shape index (κ3) is 2.66. The Bertz CT molecular complexity index is 1080. The van der Waals surface area contributed by atoms with Crippen LogP contribution in [0.1, 0.15) is 0 Å². The van der Waals surface area contributed by atoms with Crippen LogP contribution in [-0.4, -0.2) is 81.1 Å². The number of thioether (sulfide) groups is 1. The number of Topliss-reactive ketones (excluding diaryl/α,β-unsaturated/α-hetero) is 2. The summed E-state index contributed by atoms with van der Waals surface area (Å²) in [6.45, 7) is 0.297. The fourth-order valence-electron chi connectivity index (χ4n) is 4.93. The number of hydrogen-bond acceptors (Lipinski definition) is 11. The van der Waals surface area contributed by atoms with Crippen molar-refractivity contribution in [2.75, 3.05) is 26.0 Å². The summed E-state index contributed by atoms with van der Waals surface area (Å²) in [6, 6.07) is 0.00979. The maximum absolute atomic E-state index is 13.6. The third-order valence-corrected chi connectivity index (χ3v) is 7.41. The number of piperazine rings is 1. The smallest absolute Gasteiger partial charge is 0.404 e. The Morgan fingerprint density at radius 3 is 2.84 bits per heavy atom. The number of aromatic nitrogens is 3. The van der Waals surface area contributed by atoms with Gasteiger partial charge in [0.1, 0.15) is 12.9 Å². The second-order valence-corrected chi connectivity index (χ2v) is 8.77. The van der Waals surface area contributed by atoms with Crippen LogP contribution < -0.4 is 16.8 Å². The van der Waals surface area contributed by atoms with Gasteiger partial charge in [-0.25, -0.2) is 4.79 Å². The van der Waals surface area contributed by atoms with Crippen LogP contribution in [0.4, 0.5) is 4.79 Å². The van der Waals surface area contributed by atoms with Gasteiger partial charge in [0.15, 0.2) is 10.9 Å². The number of ketones is 2. The van der Waals surface area contributed by atoms with Crippen LogP contribution in [0, 0.1) is 5.92 Å². The van der Waals surface area contributed by atoms with E-state index in [1.54, 1.807) is 17.9 Å². The van der Waals surface area contributed by atoms with E-state index < -0.39 is 23.5 Å². The summed E-state index contributed by atoms with van der Waals surface area (Å²) in [6.07, 6.45) is 0.578. The van der Waals surface area contributed by atoms with E-state index >= 15 is 0 Å². The number of amides is 1. The van der Waals surface area contributed by atoms with Crippen LogP contribution in [0.15, 0.2) is 34.0 Å². The summed E-state index contributed by atoms with van der Waals surface area (Å²) in [7, 11) is 3.30. The highest BCUT2D eigenvalue weighted by atomic mass is 32.2. The summed E-state index contributed by atoms with van der Waals surface area (Å²) < 4.78 is 12.7. The Hall–Kier alpha value is -2.90. The number of methoxy groups -OCH3 is 1. The van der Waals surface area contributed by atoms with Gasteiger partial charge < -0.3 is 35.7 Å². The van der Waals surface area contributed by atoms with Gasteiger partial charge >= 0.3 is 6.09 Å². The number of ether oxygens (including phenoxy) is 2. The fraction of sp³-hybridized carbons (Fsp3) is 0.500. The van der Waals surface area contributed by atoms with Gasteiger partial charge in [0, 0.05) is 43.6 Å². The minimum Gasteiger partial charge on any atom is -0.449 e. The van der Waals surface area contributed by atoms with Crippen molar-refractivity contribution in [3.8, 4) is 0 Å². The highest BCUT2D eigenvalue weighted by Crippen LogP contribution is 2.55. The zero-order valence-electron chi connectivity index (χ0n) is 16.8. The maximum Gasteiger partial charge on any atom is 0.404 e. The first kappa shape index (κ1) is 20.0. The average Bonchev–Trinajstić information content (AvgIpc) is 3.13. The number of nitrogens with two attached hydrogens (primary N) is 2. The van der Waals surface area contributed by atoms with Crippen LogP contribution >= 0.6 is 11.8 Å². The first-order valence-corrected chi connectivity index (χ1v) is 10.6. The van der Waals surface area contributed by atoms with Gasteiger partial charge in [-0.15, -0.1) is 10.2 Å². The van der Waals surface area contributed by atoms with Gasteiger partial charge in [-0.2, -0.15) is 0 Å². The lowest BCUT2D eigenvalue weighted by atomic mass is 9.82. The van der Waals surface area contributed by atoms with E-state index in [0.717, 1.165) is 0 Å². The molecule has 1 amide bonds. The lowest BCUT2D eigenvalue weighted by molar-refractivity contribution is -0.137. The van der Waals surface area contributed by atoms with E-state index in [4.69, 9.17) is 20.9 Å².